The number of alkyl halides is 3. The number of rotatable bonds is 2. The Hall–Kier alpha value is -2.15. The highest BCUT2D eigenvalue weighted by Crippen LogP contribution is 2.27. The van der Waals surface area contributed by atoms with E-state index < -0.39 is 17.6 Å². The van der Waals surface area contributed by atoms with Crippen molar-refractivity contribution in [3.63, 3.8) is 0 Å². The monoisotopic (exact) mass is 337 g/mol. The average Bonchev–Trinajstić information content (AvgIpc) is 2.49. The normalized spacial score (nSPS) is 15.4. The van der Waals surface area contributed by atoms with Gasteiger partial charge in [0.05, 0.1) is 5.69 Å². The molecule has 0 spiro atoms. The zero-order valence-corrected chi connectivity index (χ0v) is 13.5. The molecule has 0 saturated carbocycles. The van der Waals surface area contributed by atoms with Gasteiger partial charge in [-0.15, -0.1) is 0 Å². The Balaban J connectivity index is 1.86. The number of aromatic nitrogens is 2. The summed E-state index contributed by atoms with van der Waals surface area (Å²) in [7, 11) is 0. The molecule has 24 heavy (non-hydrogen) atoms. The summed E-state index contributed by atoms with van der Waals surface area (Å²) < 4.78 is 38.5. The van der Waals surface area contributed by atoms with E-state index in [2.05, 4.69) is 11.1 Å². The number of H-pyrrole nitrogens is 1. The highest BCUT2D eigenvalue weighted by atomic mass is 19.4. The van der Waals surface area contributed by atoms with Gasteiger partial charge in [0.15, 0.2) is 0 Å². The van der Waals surface area contributed by atoms with Gasteiger partial charge in [0.1, 0.15) is 0 Å². The fourth-order valence-electron chi connectivity index (χ4n) is 3.03. The van der Waals surface area contributed by atoms with Crippen LogP contribution >= 0.6 is 0 Å². The molecule has 1 aliphatic rings. The zero-order chi connectivity index (χ0) is 17.5. The molecule has 0 saturated heterocycles. The molecular weight excluding hydrogens is 319 g/mol. The minimum atomic E-state index is -4.65. The molecular formula is C17H18F3N3O. The second-order valence-corrected chi connectivity index (χ2v) is 6.23. The van der Waals surface area contributed by atoms with Crippen LogP contribution in [-0.4, -0.2) is 21.4 Å². The highest BCUT2D eigenvalue weighted by Gasteiger charge is 2.35. The molecule has 0 bridgehead atoms. The number of hydrogen-bond acceptors (Lipinski definition) is 3. The summed E-state index contributed by atoms with van der Waals surface area (Å²) in [6, 6.07) is 6.13. The van der Waals surface area contributed by atoms with Crippen molar-refractivity contribution in [2.75, 3.05) is 6.54 Å². The van der Waals surface area contributed by atoms with Gasteiger partial charge in [-0.3, -0.25) is 9.69 Å². The Morgan fingerprint density at radius 1 is 1.29 bits per heavy atom. The standard InChI is InChI=1S/C17H18F3N3O/c1-10-3-4-12(11(2)7-10)8-23-6-5-13-14(9-23)21-16(17(18,19)20)22-15(13)24/h3-4,7H,5-6,8-9H2,1-2H3,(H,21,22,24). The van der Waals surface area contributed by atoms with Crippen LogP contribution in [0.2, 0.25) is 0 Å². The molecule has 1 aromatic carbocycles. The molecule has 0 atom stereocenters. The molecule has 0 amide bonds. The van der Waals surface area contributed by atoms with E-state index in [4.69, 9.17) is 0 Å². The van der Waals surface area contributed by atoms with Crippen molar-refractivity contribution in [3.8, 4) is 0 Å². The fraction of sp³-hybridized carbons (Fsp3) is 0.412. The Morgan fingerprint density at radius 2 is 2.04 bits per heavy atom. The molecule has 2 aromatic rings. The number of aryl methyl sites for hydroxylation is 2. The molecule has 0 fully saturated rings. The van der Waals surface area contributed by atoms with Crippen LogP contribution in [0.3, 0.4) is 0 Å². The molecule has 4 nitrogen and oxygen atoms in total. The third-order valence-electron chi connectivity index (χ3n) is 4.31. The van der Waals surface area contributed by atoms with Crippen LogP contribution in [0.5, 0.6) is 0 Å². The number of nitrogens with one attached hydrogen (secondary N) is 1. The third-order valence-corrected chi connectivity index (χ3v) is 4.31. The summed E-state index contributed by atoms with van der Waals surface area (Å²) >= 11 is 0. The van der Waals surface area contributed by atoms with Crippen LogP contribution in [-0.2, 0) is 25.7 Å². The van der Waals surface area contributed by atoms with Crippen LogP contribution in [0.15, 0.2) is 23.0 Å². The minimum absolute atomic E-state index is 0.224. The van der Waals surface area contributed by atoms with E-state index in [9.17, 15) is 18.0 Å². The maximum atomic E-state index is 12.8. The van der Waals surface area contributed by atoms with E-state index in [-0.39, 0.29) is 12.2 Å². The third kappa shape index (κ3) is 3.36. The van der Waals surface area contributed by atoms with Crippen molar-refractivity contribution < 1.29 is 13.2 Å². The van der Waals surface area contributed by atoms with E-state index in [1.54, 1.807) is 0 Å². The molecule has 7 heteroatoms. The number of hydrogen-bond donors (Lipinski definition) is 1. The van der Waals surface area contributed by atoms with Gasteiger partial charge in [0.2, 0.25) is 5.82 Å². The molecule has 2 heterocycles. The number of halogens is 3. The fourth-order valence-corrected chi connectivity index (χ4v) is 3.03. The Bertz CT molecular complexity index is 827. The van der Waals surface area contributed by atoms with Gasteiger partial charge in [-0.1, -0.05) is 23.8 Å². The number of aromatic amines is 1. The van der Waals surface area contributed by atoms with Gasteiger partial charge < -0.3 is 4.98 Å². The maximum absolute atomic E-state index is 12.8. The van der Waals surface area contributed by atoms with Crippen LogP contribution in [0, 0.1) is 13.8 Å². The van der Waals surface area contributed by atoms with Crippen molar-refractivity contribution in [2.45, 2.75) is 39.5 Å². The summed E-state index contributed by atoms with van der Waals surface area (Å²) in [6.45, 7) is 5.53. The topological polar surface area (TPSA) is 49.0 Å². The first-order chi connectivity index (χ1) is 11.2. The summed E-state index contributed by atoms with van der Waals surface area (Å²) in [5.74, 6) is -1.22. The highest BCUT2D eigenvalue weighted by molar-refractivity contribution is 5.31. The first-order valence-electron chi connectivity index (χ1n) is 7.72. The second kappa shape index (κ2) is 6.05. The second-order valence-electron chi connectivity index (χ2n) is 6.23. The Morgan fingerprint density at radius 3 is 2.71 bits per heavy atom. The average molecular weight is 337 g/mol. The summed E-state index contributed by atoms with van der Waals surface area (Å²) in [4.78, 5) is 19.4. The minimum Gasteiger partial charge on any atom is -0.303 e. The van der Waals surface area contributed by atoms with Crippen molar-refractivity contribution >= 4 is 0 Å². The van der Waals surface area contributed by atoms with E-state index >= 15 is 0 Å². The molecule has 1 N–H and O–H groups in total. The molecule has 0 unspecified atom stereocenters. The largest absolute Gasteiger partial charge is 0.449 e. The van der Waals surface area contributed by atoms with Gasteiger partial charge >= 0.3 is 6.18 Å². The van der Waals surface area contributed by atoms with Crippen LogP contribution in [0.1, 0.15) is 33.8 Å². The Kier molecular flexibility index (Phi) is 4.21. The van der Waals surface area contributed by atoms with E-state index in [0.29, 0.717) is 25.1 Å². The predicted octanol–water partition coefficient (Wildman–Crippen LogP) is 2.96. The van der Waals surface area contributed by atoms with Gasteiger partial charge in [-0.2, -0.15) is 13.2 Å². The van der Waals surface area contributed by atoms with E-state index in [1.807, 2.05) is 35.9 Å². The van der Waals surface area contributed by atoms with Crippen molar-refractivity contribution in [2.24, 2.45) is 0 Å². The molecule has 1 aromatic heterocycles. The maximum Gasteiger partial charge on any atom is 0.449 e. The van der Waals surface area contributed by atoms with Gasteiger partial charge in [-0.25, -0.2) is 4.98 Å². The van der Waals surface area contributed by atoms with Crippen LogP contribution in [0.25, 0.3) is 0 Å². The molecule has 1 aliphatic heterocycles. The molecule has 3 rings (SSSR count). The smallest absolute Gasteiger partial charge is 0.303 e. The molecule has 0 radical (unpaired) electrons. The summed E-state index contributed by atoms with van der Waals surface area (Å²) in [5, 5.41) is 0. The van der Waals surface area contributed by atoms with Crippen LogP contribution in [0.4, 0.5) is 13.2 Å². The van der Waals surface area contributed by atoms with Gasteiger partial charge in [0, 0.05) is 25.2 Å². The molecule has 0 aliphatic carbocycles. The Labute approximate surface area is 137 Å². The lowest BCUT2D eigenvalue weighted by molar-refractivity contribution is -0.145. The predicted molar refractivity (Wildman–Crippen MR) is 83.6 cm³/mol. The van der Waals surface area contributed by atoms with E-state index in [0.717, 1.165) is 11.1 Å². The SMILES string of the molecule is Cc1ccc(CN2CCc3c(nc(C(F)(F)F)[nH]c3=O)C2)c(C)c1. The lowest BCUT2D eigenvalue weighted by Crippen LogP contribution is -2.36. The number of benzene rings is 1. The summed E-state index contributed by atoms with van der Waals surface area (Å²) in [6.07, 6.45) is -4.25. The van der Waals surface area contributed by atoms with Crippen molar-refractivity contribution in [1.82, 2.24) is 14.9 Å². The first kappa shape index (κ1) is 16.7. The molecule has 128 valence electrons. The van der Waals surface area contributed by atoms with Crippen molar-refractivity contribution in [3.05, 3.63) is 62.3 Å². The quantitative estimate of drug-likeness (QED) is 0.917. The van der Waals surface area contributed by atoms with Crippen LogP contribution < -0.4 is 5.56 Å². The lowest BCUT2D eigenvalue weighted by Gasteiger charge is -2.28. The number of fused-ring (bicyclic) bond motifs is 1. The van der Waals surface area contributed by atoms with Gasteiger partial charge in [0.25, 0.3) is 5.56 Å². The van der Waals surface area contributed by atoms with Crippen molar-refractivity contribution in [1.29, 1.82) is 0 Å². The lowest BCUT2D eigenvalue weighted by atomic mass is 10.0. The van der Waals surface area contributed by atoms with E-state index in [1.165, 1.54) is 5.56 Å². The summed E-state index contributed by atoms with van der Waals surface area (Å²) in [5.41, 5.74) is 3.35. The van der Waals surface area contributed by atoms with Gasteiger partial charge in [-0.05, 0) is 31.4 Å². The first-order valence-corrected chi connectivity index (χ1v) is 7.72. The zero-order valence-electron chi connectivity index (χ0n) is 13.5. The number of nitrogens with zero attached hydrogens (tertiary/aromatic N) is 2.